The molecule has 3 rings (SSSR count). The van der Waals surface area contributed by atoms with Crippen LogP contribution in [0.2, 0.25) is 5.02 Å². The summed E-state index contributed by atoms with van der Waals surface area (Å²) >= 11 is 6.33. The maximum Gasteiger partial charge on any atom is 0.175 e. The number of rotatable bonds is 4. The second-order valence-corrected chi connectivity index (χ2v) is 8.02. The van der Waals surface area contributed by atoms with Gasteiger partial charge in [0.1, 0.15) is 0 Å². The summed E-state index contributed by atoms with van der Waals surface area (Å²) in [6, 6.07) is 13.8. The predicted molar refractivity (Wildman–Crippen MR) is 94.5 cm³/mol. The van der Waals surface area contributed by atoms with Gasteiger partial charge in [-0.3, -0.25) is 0 Å². The molecule has 5 nitrogen and oxygen atoms in total. The first-order valence-electron chi connectivity index (χ1n) is 7.28. The quantitative estimate of drug-likeness (QED) is 0.872. The van der Waals surface area contributed by atoms with Gasteiger partial charge in [-0.2, -0.15) is 0 Å². The summed E-state index contributed by atoms with van der Waals surface area (Å²) in [7, 11) is -3.26. The van der Waals surface area contributed by atoms with Gasteiger partial charge in [-0.05, 0) is 30.3 Å². The van der Waals surface area contributed by atoms with Crippen molar-refractivity contribution < 1.29 is 13.5 Å². The molecule has 0 amide bonds. The van der Waals surface area contributed by atoms with Crippen LogP contribution >= 0.6 is 11.6 Å². The maximum atomic E-state index is 11.6. The molecule has 126 valence electrons. The molecule has 0 saturated carbocycles. The fourth-order valence-electron chi connectivity index (χ4n) is 2.82. The molecule has 1 aliphatic rings. The van der Waals surface area contributed by atoms with Crippen molar-refractivity contribution in [2.45, 2.75) is 10.6 Å². The second kappa shape index (κ2) is 6.12. The molecule has 7 heteroatoms. The number of anilines is 1. The topological polar surface area (TPSA) is 69.6 Å². The van der Waals surface area contributed by atoms with Crippen LogP contribution in [-0.4, -0.2) is 26.4 Å². The highest BCUT2D eigenvalue weighted by Crippen LogP contribution is 2.37. The fraction of sp³-hybridized carbons (Fsp3) is 0.176. The van der Waals surface area contributed by atoms with Crippen LogP contribution in [0, 0.1) is 0 Å². The lowest BCUT2D eigenvalue weighted by Gasteiger charge is -2.39. The van der Waals surface area contributed by atoms with Gasteiger partial charge in [0.25, 0.3) is 0 Å². The standard InChI is InChI=1S/C17H17ClN2O3S/c1-24(22,23)14-8-6-13(7-9-14)20-11-10-19-17(20,12-21)15-4-2-3-5-16(15)18/h2-11,19,21H,12H2,1H3. The Hall–Kier alpha value is -2.02. The number of benzene rings is 2. The first-order valence-corrected chi connectivity index (χ1v) is 9.55. The molecule has 2 aromatic carbocycles. The van der Waals surface area contributed by atoms with Crippen molar-refractivity contribution >= 4 is 27.1 Å². The Kier molecular flexibility index (Phi) is 4.29. The van der Waals surface area contributed by atoms with Crippen LogP contribution in [0.1, 0.15) is 5.56 Å². The van der Waals surface area contributed by atoms with Gasteiger partial charge >= 0.3 is 0 Å². The Balaban J connectivity index is 2.06. The van der Waals surface area contributed by atoms with E-state index < -0.39 is 15.5 Å². The first kappa shape index (κ1) is 16.8. The number of nitrogens with zero attached hydrogens (tertiary/aromatic N) is 1. The van der Waals surface area contributed by atoms with Crippen molar-refractivity contribution in [1.82, 2.24) is 5.32 Å². The summed E-state index contributed by atoms with van der Waals surface area (Å²) < 4.78 is 23.2. The van der Waals surface area contributed by atoms with E-state index in [9.17, 15) is 13.5 Å². The van der Waals surface area contributed by atoms with Crippen molar-refractivity contribution in [3.63, 3.8) is 0 Å². The highest BCUT2D eigenvalue weighted by molar-refractivity contribution is 7.90. The number of hydrogen-bond acceptors (Lipinski definition) is 5. The number of aliphatic hydroxyl groups is 1. The van der Waals surface area contributed by atoms with Crippen molar-refractivity contribution in [1.29, 1.82) is 0 Å². The van der Waals surface area contributed by atoms with E-state index in [1.165, 1.54) is 6.26 Å². The molecular formula is C17H17ClN2O3S. The Morgan fingerprint density at radius 2 is 1.83 bits per heavy atom. The predicted octanol–water partition coefficient (Wildman–Crippen LogP) is 2.47. The molecule has 0 radical (unpaired) electrons. The monoisotopic (exact) mass is 364 g/mol. The summed E-state index contributed by atoms with van der Waals surface area (Å²) in [6.45, 7) is -0.225. The molecule has 0 fully saturated rings. The van der Waals surface area contributed by atoms with Gasteiger partial charge in [-0.1, -0.05) is 29.8 Å². The van der Waals surface area contributed by atoms with E-state index in [1.807, 2.05) is 23.1 Å². The van der Waals surface area contributed by atoms with E-state index in [0.717, 1.165) is 11.3 Å². The fourth-order valence-corrected chi connectivity index (χ4v) is 3.74. The van der Waals surface area contributed by atoms with Gasteiger partial charge in [0.15, 0.2) is 15.5 Å². The SMILES string of the molecule is CS(=O)(=O)c1ccc(N2C=CNC2(CO)c2ccccc2Cl)cc1. The minimum absolute atomic E-state index is 0.225. The molecular weight excluding hydrogens is 348 g/mol. The number of halogens is 1. The van der Waals surface area contributed by atoms with Gasteiger partial charge in [0.05, 0.1) is 11.5 Å². The molecule has 24 heavy (non-hydrogen) atoms. The smallest absolute Gasteiger partial charge is 0.175 e. The van der Waals surface area contributed by atoms with Crippen LogP contribution in [0.25, 0.3) is 0 Å². The number of nitrogens with one attached hydrogen (secondary N) is 1. The summed E-state index contributed by atoms with van der Waals surface area (Å²) in [5, 5.41) is 13.8. The van der Waals surface area contributed by atoms with Gasteiger partial charge < -0.3 is 15.3 Å². The van der Waals surface area contributed by atoms with Crippen LogP contribution in [0.5, 0.6) is 0 Å². The average molecular weight is 365 g/mol. The van der Waals surface area contributed by atoms with Crippen molar-refractivity contribution in [2.75, 3.05) is 17.8 Å². The van der Waals surface area contributed by atoms with E-state index in [4.69, 9.17) is 11.6 Å². The summed E-state index contributed by atoms with van der Waals surface area (Å²) in [5.74, 6) is 0. The molecule has 0 aromatic heterocycles. The zero-order valence-corrected chi connectivity index (χ0v) is 14.6. The third-order valence-corrected chi connectivity index (χ3v) is 5.51. The third-order valence-electron chi connectivity index (χ3n) is 4.05. The molecule has 0 saturated heterocycles. The molecule has 1 unspecified atom stereocenters. The van der Waals surface area contributed by atoms with Crippen LogP contribution < -0.4 is 10.2 Å². The second-order valence-electron chi connectivity index (χ2n) is 5.59. The lowest BCUT2D eigenvalue weighted by atomic mass is 9.98. The molecule has 2 N–H and O–H groups in total. The van der Waals surface area contributed by atoms with E-state index >= 15 is 0 Å². The van der Waals surface area contributed by atoms with Crippen molar-refractivity contribution in [3.8, 4) is 0 Å². The molecule has 0 bridgehead atoms. The summed E-state index contributed by atoms with van der Waals surface area (Å²) in [5.41, 5.74) is 0.522. The molecule has 1 atom stereocenters. The van der Waals surface area contributed by atoms with Gasteiger partial charge in [-0.15, -0.1) is 0 Å². The Bertz CT molecular complexity index is 881. The average Bonchev–Trinajstić information content (AvgIpc) is 2.99. The largest absolute Gasteiger partial charge is 0.392 e. The first-order chi connectivity index (χ1) is 11.4. The number of sulfone groups is 1. The van der Waals surface area contributed by atoms with E-state index in [2.05, 4.69) is 5.32 Å². The third kappa shape index (κ3) is 2.77. The maximum absolute atomic E-state index is 11.6. The van der Waals surface area contributed by atoms with E-state index in [1.54, 1.807) is 42.7 Å². The highest BCUT2D eigenvalue weighted by atomic mass is 35.5. The van der Waals surface area contributed by atoms with E-state index in [-0.39, 0.29) is 11.5 Å². The van der Waals surface area contributed by atoms with Crippen LogP contribution in [0.15, 0.2) is 65.8 Å². The highest BCUT2D eigenvalue weighted by Gasteiger charge is 2.41. The van der Waals surface area contributed by atoms with Crippen LogP contribution in [-0.2, 0) is 15.5 Å². The molecule has 1 aliphatic heterocycles. The lowest BCUT2D eigenvalue weighted by molar-refractivity contribution is 0.184. The van der Waals surface area contributed by atoms with Gasteiger partial charge in [0.2, 0.25) is 0 Å². The number of aliphatic hydroxyl groups excluding tert-OH is 1. The van der Waals surface area contributed by atoms with Crippen LogP contribution in [0.3, 0.4) is 0 Å². The zero-order valence-electron chi connectivity index (χ0n) is 13.0. The summed E-state index contributed by atoms with van der Waals surface area (Å²) in [4.78, 5) is 2.08. The van der Waals surface area contributed by atoms with Crippen molar-refractivity contribution in [2.24, 2.45) is 0 Å². The zero-order chi connectivity index (χ0) is 17.4. The Labute approximate surface area is 146 Å². The minimum Gasteiger partial charge on any atom is -0.392 e. The van der Waals surface area contributed by atoms with E-state index in [0.29, 0.717) is 5.02 Å². The normalized spacial score (nSPS) is 20.2. The molecule has 0 spiro atoms. The molecule has 0 aliphatic carbocycles. The number of hydrogen-bond donors (Lipinski definition) is 2. The van der Waals surface area contributed by atoms with Crippen LogP contribution in [0.4, 0.5) is 5.69 Å². The van der Waals surface area contributed by atoms with Gasteiger partial charge in [0, 0.05) is 34.9 Å². The Morgan fingerprint density at radius 3 is 2.42 bits per heavy atom. The lowest BCUT2D eigenvalue weighted by Crippen LogP contribution is -2.52. The van der Waals surface area contributed by atoms with Gasteiger partial charge in [-0.25, -0.2) is 8.42 Å². The molecule has 1 heterocycles. The summed E-state index contributed by atoms with van der Waals surface area (Å²) in [6.07, 6.45) is 4.68. The molecule has 2 aromatic rings. The Morgan fingerprint density at radius 1 is 1.17 bits per heavy atom. The van der Waals surface area contributed by atoms with Crippen molar-refractivity contribution in [3.05, 3.63) is 71.5 Å². The minimum atomic E-state index is -3.26.